The van der Waals surface area contributed by atoms with Crippen molar-refractivity contribution in [3.8, 4) is 11.8 Å². The number of carbonyl (C=O) groups excluding carboxylic acids is 1. The van der Waals surface area contributed by atoms with E-state index in [1.165, 1.54) is 11.6 Å². The molecule has 0 aliphatic rings. The molecule has 0 aliphatic heterocycles. The van der Waals surface area contributed by atoms with Gasteiger partial charge in [0, 0.05) is 5.69 Å². The molecule has 2 aromatic rings. The fourth-order valence-electron chi connectivity index (χ4n) is 1.98. The molecule has 23 heavy (non-hydrogen) atoms. The van der Waals surface area contributed by atoms with Crippen molar-refractivity contribution in [2.45, 2.75) is 19.8 Å². The number of ether oxygens (including phenoxy) is 1. The quantitative estimate of drug-likeness (QED) is 0.887. The molecular formula is C18H17ClN2O2. The summed E-state index contributed by atoms with van der Waals surface area (Å²) in [6.45, 7) is 4.07. The zero-order valence-corrected chi connectivity index (χ0v) is 13.7. The van der Waals surface area contributed by atoms with Crippen molar-refractivity contribution in [3.63, 3.8) is 0 Å². The van der Waals surface area contributed by atoms with Crippen LogP contribution in [-0.4, -0.2) is 12.5 Å². The van der Waals surface area contributed by atoms with Crippen molar-refractivity contribution in [3.05, 3.63) is 58.6 Å². The van der Waals surface area contributed by atoms with Crippen molar-refractivity contribution < 1.29 is 9.53 Å². The van der Waals surface area contributed by atoms with Crippen molar-refractivity contribution in [2.75, 3.05) is 11.9 Å². The maximum absolute atomic E-state index is 11.9. The molecule has 0 saturated carbocycles. The van der Waals surface area contributed by atoms with Crippen LogP contribution < -0.4 is 10.1 Å². The van der Waals surface area contributed by atoms with Crippen molar-refractivity contribution in [1.82, 2.24) is 0 Å². The Bertz CT molecular complexity index is 734. The van der Waals surface area contributed by atoms with Gasteiger partial charge in [0.15, 0.2) is 6.61 Å². The van der Waals surface area contributed by atoms with Gasteiger partial charge in [-0.1, -0.05) is 37.6 Å². The first kappa shape index (κ1) is 16.9. The molecule has 5 heteroatoms. The van der Waals surface area contributed by atoms with Gasteiger partial charge in [0.25, 0.3) is 5.91 Å². The van der Waals surface area contributed by atoms with Gasteiger partial charge in [-0.05, 0) is 41.8 Å². The summed E-state index contributed by atoms with van der Waals surface area (Å²) >= 11 is 5.99. The number of carbonyl (C=O) groups is 1. The van der Waals surface area contributed by atoms with Crippen molar-refractivity contribution in [1.29, 1.82) is 5.26 Å². The molecule has 0 fully saturated rings. The van der Waals surface area contributed by atoms with E-state index in [4.69, 9.17) is 21.6 Å². The van der Waals surface area contributed by atoms with Crippen LogP contribution in [0.25, 0.3) is 0 Å². The largest absolute Gasteiger partial charge is 0.482 e. The second kappa shape index (κ2) is 7.66. The van der Waals surface area contributed by atoms with E-state index in [1.807, 2.05) is 30.3 Å². The lowest BCUT2D eigenvalue weighted by molar-refractivity contribution is -0.118. The van der Waals surface area contributed by atoms with E-state index >= 15 is 0 Å². The average Bonchev–Trinajstić information content (AvgIpc) is 2.54. The summed E-state index contributed by atoms with van der Waals surface area (Å²) in [5, 5.41) is 11.8. The Morgan fingerprint density at radius 2 is 1.96 bits per heavy atom. The van der Waals surface area contributed by atoms with E-state index in [0.717, 1.165) is 0 Å². The molecule has 118 valence electrons. The number of anilines is 1. The molecule has 1 N–H and O–H groups in total. The molecule has 0 aliphatic carbocycles. The lowest BCUT2D eigenvalue weighted by Crippen LogP contribution is -2.20. The maximum Gasteiger partial charge on any atom is 0.262 e. The molecule has 2 aromatic carbocycles. The van der Waals surface area contributed by atoms with Crippen LogP contribution in [-0.2, 0) is 4.79 Å². The Labute approximate surface area is 140 Å². The van der Waals surface area contributed by atoms with Gasteiger partial charge in [-0.25, -0.2) is 0 Å². The second-order valence-corrected chi connectivity index (χ2v) is 5.78. The van der Waals surface area contributed by atoms with Crippen LogP contribution in [0.4, 0.5) is 5.69 Å². The normalized spacial score (nSPS) is 10.2. The third-order valence-corrected chi connectivity index (χ3v) is 3.58. The van der Waals surface area contributed by atoms with Gasteiger partial charge >= 0.3 is 0 Å². The molecule has 0 radical (unpaired) electrons. The Kier molecular flexibility index (Phi) is 5.61. The Morgan fingerprint density at radius 1 is 1.26 bits per heavy atom. The number of nitrogens with one attached hydrogen (secondary N) is 1. The van der Waals surface area contributed by atoms with Gasteiger partial charge < -0.3 is 10.1 Å². The van der Waals surface area contributed by atoms with E-state index < -0.39 is 0 Å². The summed E-state index contributed by atoms with van der Waals surface area (Å²) in [7, 11) is 0. The molecule has 1 amide bonds. The van der Waals surface area contributed by atoms with E-state index in [1.54, 1.807) is 12.1 Å². The summed E-state index contributed by atoms with van der Waals surface area (Å²) in [4.78, 5) is 11.9. The summed E-state index contributed by atoms with van der Waals surface area (Å²) in [5.74, 6) is 0.542. The van der Waals surface area contributed by atoms with Gasteiger partial charge in [-0.2, -0.15) is 5.26 Å². The minimum absolute atomic E-state index is 0.155. The predicted molar refractivity (Wildman–Crippen MR) is 90.8 cm³/mol. The summed E-state index contributed by atoms with van der Waals surface area (Å²) in [6.07, 6.45) is 0. The van der Waals surface area contributed by atoms with Crippen LogP contribution in [0.15, 0.2) is 42.5 Å². The minimum atomic E-state index is -0.275. The third kappa shape index (κ3) is 4.73. The zero-order chi connectivity index (χ0) is 16.8. The number of benzene rings is 2. The maximum atomic E-state index is 11.9. The number of nitriles is 1. The molecular weight excluding hydrogens is 312 g/mol. The summed E-state index contributed by atoms with van der Waals surface area (Å²) in [5.41, 5.74) is 2.37. The molecule has 0 bridgehead atoms. The lowest BCUT2D eigenvalue weighted by atomic mass is 10.0. The fraction of sp³-hybridized carbons (Fsp3) is 0.222. The van der Waals surface area contributed by atoms with Crippen LogP contribution in [0.3, 0.4) is 0 Å². The van der Waals surface area contributed by atoms with E-state index in [2.05, 4.69) is 19.2 Å². The topological polar surface area (TPSA) is 62.1 Å². The molecule has 0 atom stereocenters. The first-order valence-corrected chi connectivity index (χ1v) is 7.59. The van der Waals surface area contributed by atoms with Gasteiger partial charge in [0.2, 0.25) is 0 Å². The number of hydrogen-bond acceptors (Lipinski definition) is 3. The Balaban J connectivity index is 1.91. The summed E-state index contributed by atoms with van der Waals surface area (Å²) < 4.78 is 5.38. The van der Waals surface area contributed by atoms with Crippen molar-refractivity contribution in [2.24, 2.45) is 0 Å². The fourth-order valence-corrected chi connectivity index (χ4v) is 2.21. The SMILES string of the molecule is CC(C)c1ccc(NC(=O)COc2ccc(C#N)cc2Cl)cc1. The van der Waals surface area contributed by atoms with Crippen LogP contribution in [0.5, 0.6) is 5.75 Å². The highest BCUT2D eigenvalue weighted by atomic mass is 35.5. The zero-order valence-electron chi connectivity index (χ0n) is 13.0. The minimum Gasteiger partial charge on any atom is -0.482 e. The number of hydrogen-bond donors (Lipinski definition) is 1. The summed E-state index contributed by atoms with van der Waals surface area (Å²) in [6, 6.07) is 14.3. The molecule has 0 unspecified atom stereocenters. The molecule has 0 heterocycles. The van der Waals surface area contributed by atoms with Gasteiger partial charge in [-0.15, -0.1) is 0 Å². The van der Waals surface area contributed by atoms with Crippen LogP contribution in [0.1, 0.15) is 30.9 Å². The number of amides is 1. The average molecular weight is 329 g/mol. The van der Waals surface area contributed by atoms with Gasteiger partial charge in [0.1, 0.15) is 5.75 Å². The number of nitrogens with zero attached hydrogens (tertiary/aromatic N) is 1. The number of rotatable bonds is 5. The Morgan fingerprint density at radius 3 is 2.52 bits per heavy atom. The lowest BCUT2D eigenvalue weighted by Gasteiger charge is -2.10. The Hall–Kier alpha value is -2.51. The second-order valence-electron chi connectivity index (χ2n) is 5.37. The van der Waals surface area contributed by atoms with Gasteiger partial charge in [-0.3, -0.25) is 4.79 Å². The molecule has 2 rings (SSSR count). The van der Waals surface area contributed by atoms with E-state index in [0.29, 0.717) is 27.9 Å². The highest BCUT2D eigenvalue weighted by molar-refractivity contribution is 6.32. The van der Waals surface area contributed by atoms with Crippen LogP contribution >= 0.6 is 11.6 Å². The highest BCUT2D eigenvalue weighted by Gasteiger charge is 2.08. The van der Waals surface area contributed by atoms with E-state index in [9.17, 15) is 4.79 Å². The first-order chi connectivity index (χ1) is 11.0. The standard InChI is InChI=1S/C18H17ClN2O2/c1-12(2)14-4-6-15(7-5-14)21-18(22)11-23-17-8-3-13(10-20)9-16(17)19/h3-9,12H,11H2,1-2H3,(H,21,22). The van der Waals surface area contributed by atoms with Crippen LogP contribution in [0.2, 0.25) is 5.02 Å². The smallest absolute Gasteiger partial charge is 0.262 e. The van der Waals surface area contributed by atoms with Crippen LogP contribution in [0, 0.1) is 11.3 Å². The van der Waals surface area contributed by atoms with Crippen molar-refractivity contribution >= 4 is 23.2 Å². The monoisotopic (exact) mass is 328 g/mol. The highest BCUT2D eigenvalue weighted by Crippen LogP contribution is 2.25. The van der Waals surface area contributed by atoms with E-state index in [-0.39, 0.29) is 12.5 Å². The van der Waals surface area contributed by atoms with Gasteiger partial charge in [0.05, 0.1) is 16.7 Å². The molecule has 4 nitrogen and oxygen atoms in total. The predicted octanol–water partition coefficient (Wildman–Crippen LogP) is 4.35. The molecule has 0 aromatic heterocycles. The first-order valence-electron chi connectivity index (χ1n) is 7.22. The third-order valence-electron chi connectivity index (χ3n) is 3.28. The molecule has 0 spiro atoms. The molecule has 0 saturated heterocycles. The number of halogens is 1.